The summed E-state index contributed by atoms with van der Waals surface area (Å²) in [5.41, 5.74) is 2.62. The van der Waals surface area contributed by atoms with E-state index in [-0.39, 0.29) is 5.78 Å². The average Bonchev–Trinajstić information content (AvgIpc) is 2.62. The number of ketones is 1. The van der Waals surface area contributed by atoms with E-state index in [9.17, 15) is 14.4 Å². The van der Waals surface area contributed by atoms with Crippen LogP contribution < -0.4 is 5.32 Å². The average molecular weight is 353 g/mol. The molecule has 0 bridgehead atoms. The van der Waals surface area contributed by atoms with Crippen LogP contribution in [0.2, 0.25) is 0 Å². The van der Waals surface area contributed by atoms with Crippen LogP contribution in [0.1, 0.15) is 59.9 Å². The molecule has 1 atom stereocenters. The number of rotatable bonds is 6. The molecule has 136 valence electrons. The van der Waals surface area contributed by atoms with Crippen molar-refractivity contribution >= 4 is 23.3 Å². The largest absolute Gasteiger partial charge is 0.449 e. The molecule has 2 rings (SSSR count). The maximum Gasteiger partial charge on any atom is 0.338 e. The number of hydrogen-bond acceptors (Lipinski definition) is 4. The first-order chi connectivity index (χ1) is 12.3. The summed E-state index contributed by atoms with van der Waals surface area (Å²) in [6.07, 6.45) is -0.945. The Hall–Kier alpha value is -2.95. The highest BCUT2D eigenvalue weighted by molar-refractivity contribution is 5.98. The Labute approximate surface area is 153 Å². The molecule has 0 aromatic heterocycles. The second-order valence-corrected chi connectivity index (χ2v) is 6.45. The molecule has 0 aliphatic carbocycles. The van der Waals surface area contributed by atoms with Crippen molar-refractivity contribution in [3.05, 3.63) is 65.2 Å². The minimum Gasteiger partial charge on any atom is -0.449 e. The van der Waals surface area contributed by atoms with Gasteiger partial charge in [-0.2, -0.15) is 0 Å². The zero-order chi connectivity index (χ0) is 19.3. The van der Waals surface area contributed by atoms with E-state index in [1.807, 2.05) is 12.1 Å². The maximum atomic E-state index is 12.2. The lowest BCUT2D eigenvalue weighted by Gasteiger charge is -2.14. The predicted molar refractivity (Wildman–Crippen MR) is 100 cm³/mol. The summed E-state index contributed by atoms with van der Waals surface area (Å²) >= 11 is 0. The summed E-state index contributed by atoms with van der Waals surface area (Å²) in [4.78, 5) is 35.6. The van der Waals surface area contributed by atoms with E-state index >= 15 is 0 Å². The fraction of sp³-hybridized carbons (Fsp3) is 0.286. The topological polar surface area (TPSA) is 72.5 Å². The summed E-state index contributed by atoms with van der Waals surface area (Å²) in [6.45, 7) is 7.13. The molecule has 0 saturated carbocycles. The Morgan fingerprint density at radius 3 is 1.88 bits per heavy atom. The summed E-state index contributed by atoms with van der Waals surface area (Å²) < 4.78 is 5.23. The van der Waals surface area contributed by atoms with Gasteiger partial charge in [-0.05, 0) is 61.7 Å². The second kappa shape index (κ2) is 8.43. The van der Waals surface area contributed by atoms with Crippen LogP contribution in [0.4, 0.5) is 5.69 Å². The third kappa shape index (κ3) is 5.02. The molecular weight excluding hydrogens is 330 g/mol. The fourth-order valence-corrected chi connectivity index (χ4v) is 2.32. The smallest absolute Gasteiger partial charge is 0.338 e. The Kier molecular flexibility index (Phi) is 6.28. The number of ether oxygens (including phenoxy) is 1. The number of anilines is 1. The Balaban J connectivity index is 1.95. The number of carbonyl (C=O) groups excluding carboxylic acids is 3. The quantitative estimate of drug-likeness (QED) is 0.624. The van der Waals surface area contributed by atoms with Gasteiger partial charge in [0, 0.05) is 11.3 Å². The molecule has 1 amide bonds. The Morgan fingerprint density at radius 1 is 0.846 bits per heavy atom. The SMILES string of the molecule is CC(=O)c1ccc(NC(=O)[C@H](C)OC(=O)c2ccc(C(C)C)cc2)cc1. The molecular formula is C21H23NO4. The maximum absolute atomic E-state index is 12.2. The van der Waals surface area contributed by atoms with Gasteiger partial charge in [-0.3, -0.25) is 9.59 Å². The lowest BCUT2D eigenvalue weighted by atomic mass is 10.0. The number of nitrogens with one attached hydrogen (secondary N) is 1. The van der Waals surface area contributed by atoms with Crippen LogP contribution in [0.15, 0.2) is 48.5 Å². The first-order valence-electron chi connectivity index (χ1n) is 8.50. The summed E-state index contributed by atoms with van der Waals surface area (Å²) in [5, 5.41) is 2.66. The van der Waals surface area contributed by atoms with Gasteiger partial charge in [-0.1, -0.05) is 26.0 Å². The number of amides is 1. The van der Waals surface area contributed by atoms with Gasteiger partial charge in [0.15, 0.2) is 11.9 Å². The lowest BCUT2D eigenvalue weighted by molar-refractivity contribution is -0.123. The van der Waals surface area contributed by atoms with Crippen molar-refractivity contribution in [3.8, 4) is 0 Å². The third-order valence-corrected chi connectivity index (χ3v) is 4.03. The third-order valence-electron chi connectivity index (χ3n) is 4.03. The first-order valence-corrected chi connectivity index (χ1v) is 8.50. The molecule has 0 unspecified atom stereocenters. The minimum atomic E-state index is -0.945. The molecule has 0 fully saturated rings. The second-order valence-electron chi connectivity index (χ2n) is 6.45. The van der Waals surface area contributed by atoms with E-state index < -0.39 is 18.0 Å². The molecule has 0 heterocycles. The summed E-state index contributed by atoms with van der Waals surface area (Å²) in [6, 6.07) is 13.7. The van der Waals surface area contributed by atoms with E-state index in [4.69, 9.17) is 4.74 Å². The molecule has 2 aromatic rings. The number of carbonyl (C=O) groups is 3. The Bertz CT molecular complexity index is 792. The van der Waals surface area contributed by atoms with Gasteiger partial charge in [-0.25, -0.2) is 4.79 Å². The van der Waals surface area contributed by atoms with Crippen molar-refractivity contribution in [2.45, 2.75) is 39.7 Å². The monoisotopic (exact) mass is 353 g/mol. The zero-order valence-electron chi connectivity index (χ0n) is 15.4. The van der Waals surface area contributed by atoms with Crippen LogP contribution in [0.3, 0.4) is 0 Å². The predicted octanol–water partition coefficient (Wildman–Crippen LogP) is 4.20. The normalized spacial score (nSPS) is 11.7. The van der Waals surface area contributed by atoms with Crippen molar-refractivity contribution in [3.63, 3.8) is 0 Å². The van der Waals surface area contributed by atoms with E-state index in [1.54, 1.807) is 36.4 Å². The Morgan fingerprint density at radius 2 is 1.38 bits per heavy atom. The molecule has 0 saturated heterocycles. The van der Waals surface area contributed by atoms with Gasteiger partial charge in [-0.15, -0.1) is 0 Å². The highest BCUT2D eigenvalue weighted by Crippen LogP contribution is 2.16. The van der Waals surface area contributed by atoms with Crippen LogP contribution in [-0.2, 0) is 9.53 Å². The van der Waals surface area contributed by atoms with E-state index in [1.165, 1.54) is 13.8 Å². The molecule has 0 aliphatic rings. The van der Waals surface area contributed by atoms with Crippen LogP contribution in [-0.4, -0.2) is 23.8 Å². The van der Waals surface area contributed by atoms with Gasteiger partial charge in [0.05, 0.1) is 5.56 Å². The summed E-state index contributed by atoms with van der Waals surface area (Å²) in [7, 11) is 0. The van der Waals surface area contributed by atoms with E-state index in [0.29, 0.717) is 22.7 Å². The van der Waals surface area contributed by atoms with Crippen LogP contribution in [0.25, 0.3) is 0 Å². The lowest BCUT2D eigenvalue weighted by Crippen LogP contribution is -2.30. The zero-order valence-corrected chi connectivity index (χ0v) is 15.4. The van der Waals surface area contributed by atoms with Gasteiger partial charge in [0.2, 0.25) is 0 Å². The van der Waals surface area contributed by atoms with Crippen molar-refractivity contribution in [1.29, 1.82) is 0 Å². The fourth-order valence-electron chi connectivity index (χ4n) is 2.32. The molecule has 0 aliphatic heterocycles. The van der Waals surface area contributed by atoms with Crippen molar-refractivity contribution in [2.75, 3.05) is 5.32 Å². The minimum absolute atomic E-state index is 0.0475. The molecule has 0 spiro atoms. The molecule has 26 heavy (non-hydrogen) atoms. The summed E-state index contributed by atoms with van der Waals surface area (Å²) in [5.74, 6) is -0.657. The van der Waals surface area contributed by atoms with Crippen molar-refractivity contribution in [2.24, 2.45) is 0 Å². The number of Topliss-reactive ketones (excluding diaryl/α,β-unsaturated/α-hetero) is 1. The highest BCUT2D eigenvalue weighted by atomic mass is 16.5. The molecule has 2 aromatic carbocycles. The van der Waals surface area contributed by atoms with Crippen LogP contribution in [0, 0.1) is 0 Å². The van der Waals surface area contributed by atoms with Crippen molar-refractivity contribution < 1.29 is 19.1 Å². The van der Waals surface area contributed by atoms with Crippen LogP contribution >= 0.6 is 0 Å². The molecule has 0 radical (unpaired) electrons. The van der Waals surface area contributed by atoms with Gasteiger partial charge < -0.3 is 10.1 Å². The van der Waals surface area contributed by atoms with Crippen LogP contribution in [0.5, 0.6) is 0 Å². The molecule has 1 N–H and O–H groups in total. The van der Waals surface area contributed by atoms with E-state index in [0.717, 1.165) is 5.56 Å². The molecule has 5 heteroatoms. The van der Waals surface area contributed by atoms with Gasteiger partial charge in [0.1, 0.15) is 0 Å². The molecule has 5 nitrogen and oxygen atoms in total. The number of esters is 1. The van der Waals surface area contributed by atoms with Gasteiger partial charge >= 0.3 is 5.97 Å². The van der Waals surface area contributed by atoms with Gasteiger partial charge in [0.25, 0.3) is 5.91 Å². The first kappa shape index (κ1) is 19.4. The highest BCUT2D eigenvalue weighted by Gasteiger charge is 2.19. The standard InChI is InChI=1S/C21H23NO4/c1-13(2)16-5-7-18(8-6-16)21(25)26-15(4)20(24)22-19-11-9-17(10-12-19)14(3)23/h5-13,15H,1-4H3,(H,22,24)/t15-/m0/s1. The number of benzene rings is 2. The van der Waals surface area contributed by atoms with Crippen molar-refractivity contribution in [1.82, 2.24) is 0 Å². The van der Waals surface area contributed by atoms with E-state index in [2.05, 4.69) is 19.2 Å². The number of hydrogen-bond donors (Lipinski definition) is 1.